The van der Waals surface area contributed by atoms with Gasteiger partial charge in [0, 0.05) is 89.8 Å². The molecule has 1 fully saturated rings. The minimum atomic E-state index is -0.200. The zero-order valence-electron chi connectivity index (χ0n) is 48.0. The minimum Gasteiger partial charge on any atom is -0.351 e. The van der Waals surface area contributed by atoms with E-state index in [1.54, 1.807) is 17.0 Å². The van der Waals surface area contributed by atoms with Gasteiger partial charge in [-0.2, -0.15) is 0 Å². The summed E-state index contributed by atoms with van der Waals surface area (Å²) in [7, 11) is 7.89. The molecule has 1 atom stereocenters. The first-order valence-corrected chi connectivity index (χ1v) is 28.7. The number of fused-ring (bicyclic) bond motifs is 4. The van der Waals surface area contributed by atoms with Crippen LogP contribution in [-0.2, 0) is 0 Å². The summed E-state index contributed by atoms with van der Waals surface area (Å²) in [6.07, 6.45) is 0.645. The lowest BCUT2D eigenvalue weighted by atomic mass is 10.0. The molecule has 18 heteroatoms. The standard InChI is InChI=1S/C68H62N14O4/c1-80(2)33-30-69-65(83)44-13-5-40(6-14-44)61-72-53-25-21-48(35-57(53)76-61)50-23-27-55-59(37-50)78-63(74-55)42-9-17-46(18-10-42)67(85)71-52-29-32-82(39-52)68(86)47-19-11-43(12-20-47)64-75-56-28-24-51(38-60(56)79-64)49-22-26-54-58(36-49)77-62(73-54)41-7-15-45(16-8-41)66(84)70-31-34-81(3)4/h5-28,35-38,52H,29-34,39H2,1-4H3,(H,69,83)(H,70,84)(H,71,85)(H,72,76)(H,73,77)(H,74,78)(H,75,79)/t52-/m1/s1. The van der Waals surface area contributed by atoms with Crippen molar-refractivity contribution >= 4 is 67.8 Å². The lowest BCUT2D eigenvalue weighted by Crippen LogP contribution is -2.38. The number of hydrogen-bond acceptors (Lipinski definition) is 10. The monoisotopic (exact) mass is 1140 g/mol. The van der Waals surface area contributed by atoms with Crippen LogP contribution >= 0.6 is 0 Å². The van der Waals surface area contributed by atoms with Crippen molar-refractivity contribution in [1.82, 2.24) is 70.5 Å². The van der Waals surface area contributed by atoms with Crippen molar-refractivity contribution in [3.8, 4) is 67.8 Å². The molecule has 13 rings (SSSR count). The molecule has 4 aromatic heterocycles. The molecule has 18 nitrogen and oxygen atoms in total. The smallest absolute Gasteiger partial charge is 0.253 e. The van der Waals surface area contributed by atoms with Crippen LogP contribution in [0.15, 0.2) is 170 Å². The van der Waals surface area contributed by atoms with Crippen LogP contribution in [0.5, 0.6) is 0 Å². The first kappa shape index (κ1) is 54.7. The van der Waals surface area contributed by atoms with Gasteiger partial charge in [0.25, 0.3) is 23.6 Å². The number of nitrogens with one attached hydrogen (secondary N) is 7. The van der Waals surface area contributed by atoms with Crippen molar-refractivity contribution in [2.24, 2.45) is 0 Å². The summed E-state index contributed by atoms with van der Waals surface area (Å²) in [5.74, 6) is 2.34. The number of hydrogen-bond donors (Lipinski definition) is 7. The Morgan fingerprint density at radius 1 is 0.419 bits per heavy atom. The summed E-state index contributed by atoms with van der Waals surface area (Å²) in [5, 5.41) is 9.05. The number of aromatic nitrogens is 8. The average molecular weight is 1140 g/mol. The molecule has 1 aliphatic rings. The van der Waals surface area contributed by atoms with Gasteiger partial charge in [0.1, 0.15) is 23.3 Å². The summed E-state index contributed by atoms with van der Waals surface area (Å²) in [6.45, 7) is 3.63. The molecule has 5 heterocycles. The van der Waals surface area contributed by atoms with Crippen molar-refractivity contribution < 1.29 is 19.2 Å². The summed E-state index contributed by atoms with van der Waals surface area (Å²) < 4.78 is 0. The Kier molecular flexibility index (Phi) is 14.8. The molecular weight excluding hydrogens is 1080 g/mol. The largest absolute Gasteiger partial charge is 0.351 e. The summed E-state index contributed by atoms with van der Waals surface area (Å²) in [5.41, 5.74) is 16.7. The molecule has 86 heavy (non-hydrogen) atoms. The van der Waals surface area contributed by atoms with Crippen LogP contribution < -0.4 is 16.0 Å². The molecule has 0 saturated carbocycles. The number of aromatic amines is 4. The van der Waals surface area contributed by atoms with Crippen molar-refractivity contribution in [3.05, 3.63) is 192 Å². The Hall–Kier alpha value is -10.6. The fraction of sp³-hybridized carbons (Fsp3) is 0.176. The SMILES string of the molecule is CN(C)CCNC(=O)c1ccc(-c2nc3ccc(-c4ccc5nc(-c6ccc(C(=O)N[C@@H]7CCN(C(=O)c8ccc(-c9nc%10ccc(-c%11ccc%12nc(-c%13ccc(C(=O)NCCN(C)C)cc%13)[nH]c%12c%11)cc%10[nH]9)cc8)C7)cc6)[nH]c5c4)cc3[nH]2)cc1. The second kappa shape index (κ2) is 23.2. The molecule has 0 aliphatic carbocycles. The molecule has 12 aromatic rings. The van der Waals surface area contributed by atoms with E-state index < -0.39 is 0 Å². The van der Waals surface area contributed by atoms with Gasteiger partial charge < -0.3 is 50.6 Å². The van der Waals surface area contributed by atoms with Gasteiger partial charge >= 0.3 is 0 Å². The molecule has 7 N–H and O–H groups in total. The molecule has 4 amide bonds. The van der Waals surface area contributed by atoms with Gasteiger partial charge in [-0.05, 0) is 154 Å². The molecular formula is C68H62N14O4. The Morgan fingerprint density at radius 2 is 0.721 bits per heavy atom. The lowest BCUT2D eigenvalue weighted by molar-refractivity contribution is 0.0782. The fourth-order valence-corrected chi connectivity index (χ4v) is 10.9. The number of H-pyrrole nitrogens is 4. The number of rotatable bonds is 17. The number of carbonyl (C=O) groups excluding carboxylic acids is 4. The van der Waals surface area contributed by atoms with Crippen molar-refractivity contribution in [1.29, 1.82) is 0 Å². The second-order valence-electron chi connectivity index (χ2n) is 22.4. The van der Waals surface area contributed by atoms with Gasteiger partial charge in [0.15, 0.2) is 0 Å². The number of likely N-dealkylation sites (N-methyl/N-ethyl adjacent to an activating group) is 2. The first-order chi connectivity index (χ1) is 41.8. The number of nitrogens with zero attached hydrogens (tertiary/aromatic N) is 7. The third-order valence-electron chi connectivity index (χ3n) is 15.8. The third kappa shape index (κ3) is 11.6. The molecule has 1 aliphatic heterocycles. The van der Waals surface area contributed by atoms with E-state index in [1.165, 1.54) is 0 Å². The number of amides is 4. The molecule has 8 aromatic carbocycles. The normalized spacial score (nSPS) is 13.4. The van der Waals surface area contributed by atoms with Gasteiger partial charge in [0.2, 0.25) is 0 Å². The fourth-order valence-electron chi connectivity index (χ4n) is 10.9. The van der Waals surface area contributed by atoms with E-state index in [1.807, 2.05) is 147 Å². The molecule has 0 bridgehead atoms. The zero-order chi connectivity index (χ0) is 59.0. The number of likely N-dealkylation sites (tertiary alicyclic amines) is 1. The highest BCUT2D eigenvalue weighted by Gasteiger charge is 2.29. The summed E-state index contributed by atoms with van der Waals surface area (Å²) in [4.78, 5) is 91.6. The zero-order valence-corrected chi connectivity index (χ0v) is 48.0. The van der Waals surface area contributed by atoms with E-state index in [0.29, 0.717) is 66.5 Å². The lowest BCUT2D eigenvalue weighted by Gasteiger charge is -2.17. The molecule has 1 saturated heterocycles. The van der Waals surface area contributed by atoms with Crippen LogP contribution in [0, 0.1) is 0 Å². The Balaban J connectivity index is 0.600. The number of imidazole rings is 4. The van der Waals surface area contributed by atoms with Gasteiger partial charge in [0.05, 0.1) is 44.1 Å². The highest BCUT2D eigenvalue weighted by molar-refractivity contribution is 5.98. The molecule has 428 valence electrons. The third-order valence-corrected chi connectivity index (χ3v) is 15.8. The van der Waals surface area contributed by atoms with E-state index in [-0.39, 0.29) is 29.7 Å². The Bertz CT molecular complexity index is 4520. The quantitative estimate of drug-likeness (QED) is 0.0456. The van der Waals surface area contributed by atoms with E-state index in [4.69, 9.17) is 19.9 Å². The van der Waals surface area contributed by atoms with Crippen molar-refractivity contribution in [2.45, 2.75) is 12.5 Å². The topological polar surface area (TPSA) is 229 Å². The Labute approximate surface area is 495 Å². The van der Waals surface area contributed by atoms with Gasteiger partial charge in [-0.1, -0.05) is 72.8 Å². The number of carbonyl (C=O) groups is 4. The van der Waals surface area contributed by atoms with E-state index in [0.717, 1.165) is 113 Å². The predicted octanol–water partition coefficient (Wildman–Crippen LogP) is 10.4. The van der Waals surface area contributed by atoms with Gasteiger partial charge in [-0.25, -0.2) is 19.9 Å². The van der Waals surface area contributed by atoms with E-state index in [2.05, 4.69) is 84.4 Å². The van der Waals surface area contributed by atoms with Crippen LogP contribution in [0.4, 0.5) is 0 Å². The van der Waals surface area contributed by atoms with Gasteiger partial charge in [-0.3, -0.25) is 19.2 Å². The summed E-state index contributed by atoms with van der Waals surface area (Å²) in [6, 6.07) is 54.1. The average Bonchev–Trinajstić information content (AvgIpc) is 3.15. The maximum Gasteiger partial charge on any atom is 0.253 e. The van der Waals surface area contributed by atoms with Crippen molar-refractivity contribution in [3.63, 3.8) is 0 Å². The maximum absolute atomic E-state index is 13.8. The highest BCUT2D eigenvalue weighted by Crippen LogP contribution is 2.32. The molecule has 0 spiro atoms. The first-order valence-electron chi connectivity index (χ1n) is 28.7. The summed E-state index contributed by atoms with van der Waals surface area (Å²) >= 11 is 0. The van der Waals surface area contributed by atoms with Crippen LogP contribution in [0.25, 0.3) is 112 Å². The number of benzene rings is 8. The van der Waals surface area contributed by atoms with Crippen LogP contribution in [-0.4, -0.2) is 152 Å². The maximum atomic E-state index is 13.8. The van der Waals surface area contributed by atoms with Crippen LogP contribution in [0.1, 0.15) is 47.9 Å². The van der Waals surface area contributed by atoms with Crippen molar-refractivity contribution in [2.75, 3.05) is 67.5 Å². The Morgan fingerprint density at radius 3 is 1.05 bits per heavy atom. The molecule has 0 radical (unpaired) electrons. The van der Waals surface area contributed by atoms with Gasteiger partial charge in [-0.15, -0.1) is 0 Å². The second-order valence-corrected chi connectivity index (χ2v) is 22.4. The van der Waals surface area contributed by atoms with Crippen LogP contribution in [0.2, 0.25) is 0 Å². The predicted molar refractivity (Wildman–Crippen MR) is 338 cm³/mol. The minimum absolute atomic E-state index is 0.0915. The van der Waals surface area contributed by atoms with E-state index in [9.17, 15) is 19.2 Å². The highest BCUT2D eigenvalue weighted by atomic mass is 16.2. The molecule has 0 unspecified atom stereocenters. The van der Waals surface area contributed by atoms with E-state index >= 15 is 0 Å². The van der Waals surface area contributed by atoms with Crippen LogP contribution in [0.3, 0.4) is 0 Å².